The Morgan fingerprint density at radius 3 is 2.70 bits per heavy atom. The Hall–Kier alpha value is -2.85. The number of aromatic nitrogens is 2. The van der Waals surface area contributed by atoms with Crippen molar-refractivity contribution in [1.29, 1.82) is 0 Å². The van der Waals surface area contributed by atoms with Crippen molar-refractivity contribution in [2.24, 2.45) is 0 Å². The van der Waals surface area contributed by atoms with Gasteiger partial charge in [-0.2, -0.15) is 0 Å². The Balaban J connectivity index is 1.37. The Bertz CT molecular complexity index is 1150. The molecule has 156 valence electrons. The highest BCUT2D eigenvalue weighted by molar-refractivity contribution is 8.00. The number of ether oxygens (including phenoxy) is 2. The van der Waals surface area contributed by atoms with Crippen molar-refractivity contribution in [3.8, 4) is 11.5 Å². The zero-order valence-electron chi connectivity index (χ0n) is 16.7. The molecule has 0 unspecified atom stereocenters. The summed E-state index contributed by atoms with van der Waals surface area (Å²) in [4.78, 5) is 35.5. The summed E-state index contributed by atoms with van der Waals surface area (Å²) in [6.07, 6.45) is 0. The van der Waals surface area contributed by atoms with Gasteiger partial charge in [0.2, 0.25) is 5.91 Å². The first-order valence-corrected chi connectivity index (χ1v) is 11.1. The average molecular weight is 445 g/mol. The largest absolute Gasteiger partial charge is 0.486 e. The van der Waals surface area contributed by atoms with Crippen LogP contribution in [0.3, 0.4) is 0 Å². The Morgan fingerprint density at radius 2 is 1.90 bits per heavy atom. The van der Waals surface area contributed by atoms with Crippen LogP contribution in [0.2, 0.25) is 0 Å². The summed E-state index contributed by atoms with van der Waals surface area (Å²) in [6, 6.07) is 4.46. The van der Waals surface area contributed by atoms with Crippen molar-refractivity contribution in [1.82, 2.24) is 15.3 Å². The number of hydrogen-bond donors (Lipinski definition) is 2. The second-order valence-corrected chi connectivity index (χ2v) is 8.86. The summed E-state index contributed by atoms with van der Waals surface area (Å²) >= 11 is 2.91. The predicted molar refractivity (Wildman–Crippen MR) is 117 cm³/mol. The summed E-state index contributed by atoms with van der Waals surface area (Å²) in [5.74, 6) is 1.50. The molecule has 3 aromatic rings. The Labute approximate surface area is 181 Å². The summed E-state index contributed by atoms with van der Waals surface area (Å²) in [5.41, 5.74) is 1.63. The summed E-state index contributed by atoms with van der Waals surface area (Å²) in [6.45, 7) is 6.85. The summed E-state index contributed by atoms with van der Waals surface area (Å²) < 4.78 is 10.9. The molecule has 0 saturated heterocycles. The molecule has 2 N–H and O–H groups in total. The molecule has 4 rings (SSSR count). The van der Waals surface area contributed by atoms with Crippen molar-refractivity contribution in [2.75, 3.05) is 24.3 Å². The monoisotopic (exact) mass is 444 g/mol. The molecular weight excluding hydrogens is 424 g/mol. The minimum Gasteiger partial charge on any atom is -0.486 e. The van der Waals surface area contributed by atoms with Crippen LogP contribution in [-0.4, -0.2) is 40.9 Å². The SMILES string of the molecule is Cc1nc(SCC(=O)NC(=O)Nc2ccc3c(c2)OCCO3)c2c(C)c(C)sc2n1. The van der Waals surface area contributed by atoms with Crippen LogP contribution in [0.4, 0.5) is 10.5 Å². The first kappa shape index (κ1) is 20.4. The molecule has 0 saturated carbocycles. The quantitative estimate of drug-likeness (QED) is 0.466. The minimum atomic E-state index is -0.608. The zero-order chi connectivity index (χ0) is 21.3. The zero-order valence-corrected chi connectivity index (χ0v) is 18.3. The van der Waals surface area contributed by atoms with Crippen molar-refractivity contribution in [2.45, 2.75) is 25.8 Å². The van der Waals surface area contributed by atoms with E-state index in [-0.39, 0.29) is 5.75 Å². The molecule has 0 aliphatic carbocycles. The number of amides is 3. The number of anilines is 1. The van der Waals surface area contributed by atoms with Crippen molar-refractivity contribution in [3.63, 3.8) is 0 Å². The van der Waals surface area contributed by atoms with Gasteiger partial charge in [-0.25, -0.2) is 14.8 Å². The number of fused-ring (bicyclic) bond motifs is 2. The second kappa shape index (κ2) is 8.49. The number of benzene rings is 1. The van der Waals surface area contributed by atoms with E-state index in [0.717, 1.165) is 20.8 Å². The van der Waals surface area contributed by atoms with Crippen molar-refractivity contribution < 1.29 is 19.1 Å². The van der Waals surface area contributed by atoms with E-state index in [0.29, 0.717) is 36.2 Å². The van der Waals surface area contributed by atoms with Crippen LogP contribution in [0.25, 0.3) is 10.2 Å². The van der Waals surface area contributed by atoms with Gasteiger partial charge in [-0.3, -0.25) is 10.1 Å². The van der Waals surface area contributed by atoms with Gasteiger partial charge in [0.25, 0.3) is 0 Å². The normalized spacial score (nSPS) is 12.6. The van der Waals surface area contributed by atoms with Crippen LogP contribution in [0.5, 0.6) is 11.5 Å². The highest BCUT2D eigenvalue weighted by Crippen LogP contribution is 2.35. The maximum Gasteiger partial charge on any atom is 0.325 e. The number of urea groups is 1. The third-order valence-electron chi connectivity index (χ3n) is 4.50. The highest BCUT2D eigenvalue weighted by Gasteiger charge is 2.17. The maximum absolute atomic E-state index is 12.3. The number of rotatable bonds is 4. The fourth-order valence-corrected chi connectivity index (χ4v) is 5.07. The number of aryl methyl sites for hydroxylation is 3. The fraction of sp³-hybridized carbons (Fsp3) is 0.300. The molecule has 2 aromatic heterocycles. The molecule has 0 atom stereocenters. The van der Waals surface area contributed by atoms with Crippen LogP contribution in [0.15, 0.2) is 23.2 Å². The molecule has 0 bridgehead atoms. The maximum atomic E-state index is 12.3. The van der Waals surface area contributed by atoms with Crippen LogP contribution in [0, 0.1) is 20.8 Å². The minimum absolute atomic E-state index is 0.0639. The predicted octanol–water partition coefficient (Wildman–Crippen LogP) is 3.83. The standard InChI is InChI=1S/C20H20N4O4S2/c1-10-11(2)30-19-17(10)18(21-12(3)22-19)29-9-16(25)24-20(26)23-13-4-5-14-15(8-13)28-7-6-27-14/h4-5,8H,6-7,9H2,1-3H3,(H2,23,24,25,26). The first-order chi connectivity index (χ1) is 14.4. The van der Waals surface area contributed by atoms with Crippen molar-refractivity contribution >= 4 is 50.9 Å². The molecule has 0 radical (unpaired) electrons. The van der Waals surface area contributed by atoms with Crippen LogP contribution in [0.1, 0.15) is 16.3 Å². The molecule has 0 spiro atoms. The lowest BCUT2D eigenvalue weighted by Crippen LogP contribution is -2.35. The van der Waals surface area contributed by atoms with Gasteiger partial charge in [-0.1, -0.05) is 11.8 Å². The number of carbonyl (C=O) groups is 2. The molecule has 0 fully saturated rings. The van der Waals surface area contributed by atoms with Gasteiger partial charge < -0.3 is 14.8 Å². The highest BCUT2D eigenvalue weighted by atomic mass is 32.2. The van der Waals surface area contributed by atoms with E-state index < -0.39 is 11.9 Å². The van der Waals surface area contributed by atoms with E-state index in [1.54, 1.807) is 29.5 Å². The summed E-state index contributed by atoms with van der Waals surface area (Å²) in [5, 5.41) is 6.70. The lowest BCUT2D eigenvalue weighted by Gasteiger charge is -2.19. The van der Waals surface area contributed by atoms with Gasteiger partial charge in [0.15, 0.2) is 11.5 Å². The number of carbonyl (C=O) groups excluding carboxylic acids is 2. The molecular formula is C20H20N4O4S2. The molecule has 8 nitrogen and oxygen atoms in total. The van der Waals surface area contributed by atoms with E-state index in [1.807, 2.05) is 20.8 Å². The number of imide groups is 1. The lowest BCUT2D eigenvalue weighted by atomic mass is 10.2. The summed E-state index contributed by atoms with van der Waals surface area (Å²) in [7, 11) is 0. The average Bonchev–Trinajstić information content (AvgIpc) is 2.99. The molecule has 10 heteroatoms. The van der Waals surface area contributed by atoms with E-state index in [9.17, 15) is 9.59 Å². The number of thiophene rings is 1. The van der Waals surface area contributed by atoms with Gasteiger partial charge in [0.05, 0.1) is 5.75 Å². The molecule has 1 aliphatic rings. The van der Waals surface area contributed by atoms with Gasteiger partial charge >= 0.3 is 6.03 Å². The topological polar surface area (TPSA) is 102 Å². The van der Waals surface area contributed by atoms with E-state index >= 15 is 0 Å². The van der Waals surface area contributed by atoms with Crippen molar-refractivity contribution in [3.05, 3.63) is 34.5 Å². The number of nitrogens with zero attached hydrogens (tertiary/aromatic N) is 2. The smallest absolute Gasteiger partial charge is 0.325 e. The fourth-order valence-electron chi connectivity index (χ4n) is 3.00. The van der Waals surface area contributed by atoms with Crippen LogP contribution >= 0.6 is 23.1 Å². The number of thioether (sulfide) groups is 1. The lowest BCUT2D eigenvalue weighted by molar-refractivity contribution is -0.117. The van der Waals surface area contributed by atoms with Gasteiger partial charge in [-0.05, 0) is 38.5 Å². The molecule has 1 aliphatic heterocycles. The van der Waals surface area contributed by atoms with Crippen LogP contribution < -0.4 is 20.1 Å². The van der Waals surface area contributed by atoms with Gasteiger partial charge in [0.1, 0.15) is 28.9 Å². The number of hydrogen-bond acceptors (Lipinski definition) is 8. The van der Waals surface area contributed by atoms with E-state index in [1.165, 1.54) is 16.6 Å². The van der Waals surface area contributed by atoms with E-state index in [4.69, 9.17) is 9.47 Å². The Kier molecular flexibility index (Phi) is 5.78. The molecule has 3 heterocycles. The number of nitrogens with one attached hydrogen (secondary N) is 2. The third kappa shape index (κ3) is 4.34. The Morgan fingerprint density at radius 1 is 1.13 bits per heavy atom. The first-order valence-electron chi connectivity index (χ1n) is 9.28. The third-order valence-corrected chi connectivity index (χ3v) is 6.58. The molecule has 3 amide bonds. The van der Waals surface area contributed by atoms with Crippen LogP contribution in [-0.2, 0) is 4.79 Å². The van der Waals surface area contributed by atoms with Gasteiger partial charge in [-0.15, -0.1) is 11.3 Å². The van der Waals surface area contributed by atoms with E-state index in [2.05, 4.69) is 20.6 Å². The second-order valence-electron chi connectivity index (χ2n) is 6.69. The molecule has 1 aromatic carbocycles. The van der Waals surface area contributed by atoms with Gasteiger partial charge in [0, 0.05) is 22.0 Å². The molecule has 30 heavy (non-hydrogen) atoms.